The molecule has 10 rings (SSSR count). The van der Waals surface area contributed by atoms with E-state index in [4.69, 9.17) is 21.0 Å². The summed E-state index contributed by atoms with van der Waals surface area (Å²) in [5, 5.41) is 4.27. The Kier molecular flexibility index (Phi) is 6.80. The predicted octanol–water partition coefficient (Wildman–Crippen LogP) is 12.7. The maximum absolute atomic E-state index is 8.21. The van der Waals surface area contributed by atoms with Gasteiger partial charge in [-0.25, -0.2) is 14.8 Å². The topological polar surface area (TPSA) is 48.2 Å². The molecule has 0 unspecified atom stereocenters. The summed E-state index contributed by atoms with van der Waals surface area (Å²) < 4.78 is 8.63. The van der Waals surface area contributed by atoms with Gasteiger partial charge < -0.3 is 8.98 Å². The Balaban J connectivity index is 1.17. The average molecular weight is 665 g/mol. The van der Waals surface area contributed by atoms with Gasteiger partial charge in [0.2, 0.25) is 5.69 Å². The molecule has 242 valence electrons. The van der Waals surface area contributed by atoms with Crippen molar-refractivity contribution >= 4 is 49.4 Å². The monoisotopic (exact) mass is 664 g/mol. The van der Waals surface area contributed by atoms with Gasteiger partial charge in [0.1, 0.15) is 11.2 Å². The van der Waals surface area contributed by atoms with Crippen molar-refractivity contribution in [1.29, 1.82) is 0 Å². The minimum Gasteiger partial charge on any atom is -0.456 e. The second-order valence-corrected chi connectivity index (χ2v) is 12.9. The van der Waals surface area contributed by atoms with Crippen LogP contribution in [0.3, 0.4) is 0 Å². The molecule has 3 heterocycles. The number of para-hydroxylation sites is 3. The molecule has 0 saturated heterocycles. The molecule has 5 nitrogen and oxygen atoms in total. The fraction of sp³-hybridized carbons (Fsp3) is 0. The number of fused-ring (bicyclic) bond motifs is 6. The Bertz CT molecular complexity index is 2910. The molecule has 0 bridgehead atoms. The van der Waals surface area contributed by atoms with Crippen LogP contribution in [0.2, 0.25) is 0 Å². The largest absolute Gasteiger partial charge is 0.456 e. The maximum Gasteiger partial charge on any atom is 0.211 e. The van der Waals surface area contributed by atoms with Crippen LogP contribution in [0.25, 0.3) is 99.3 Å². The van der Waals surface area contributed by atoms with Crippen molar-refractivity contribution in [3.8, 4) is 50.7 Å². The summed E-state index contributed by atoms with van der Waals surface area (Å²) in [5.41, 5.74) is 11.8. The summed E-state index contributed by atoms with van der Waals surface area (Å²) in [4.78, 5) is 14.2. The summed E-state index contributed by atoms with van der Waals surface area (Å²) in [6.07, 6.45) is 0. The van der Waals surface area contributed by atoms with E-state index in [0.29, 0.717) is 11.5 Å². The molecule has 0 atom stereocenters. The van der Waals surface area contributed by atoms with Crippen LogP contribution in [0.4, 0.5) is 5.69 Å². The quantitative estimate of drug-likeness (QED) is 0.172. The molecule has 0 aliphatic heterocycles. The summed E-state index contributed by atoms with van der Waals surface area (Å²) in [5.74, 6) is 0.644. The lowest BCUT2D eigenvalue weighted by atomic mass is 9.99. The minimum atomic E-state index is 0.591. The van der Waals surface area contributed by atoms with Crippen molar-refractivity contribution in [3.05, 3.63) is 181 Å². The molecule has 5 heteroatoms. The van der Waals surface area contributed by atoms with E-state index in [-0.39, 0.29) is 0 Å². The van der Waals surface area contributed by atoms with Crippen LogP contribution in [0.1, 0.15) is 0 Å². The van der Waals surface area contributed by atoms with Gasteiger partial charge in [-0.2, -0.15) is 0 Å². The van der Waals surface area contributed by atoms with E-state index in [1.165, 1.54) is 0 Å². The molecule has 0 N–H and O–H groups in total. The van der Waals surface area contributed by atoms with Crippen LogP contribution >= 0.6 is 0 Å². The van der Waals surface area contributed by atoms with Gasteiger partial charge in [-0.05, 0) is 59.7 Å². The standard InChI is InChI=1S/C47H28N4O/c1-48-39-20-12-19-34(46(39)51-42-21-10-8-17-35(42)36-18-9-11-22-43(36)51)32-23-25-44-37(27-32)38-28-33(24-26-45(38)52-44)47-49-40(30-13-4-2-5-14-30)29-41(50-47)31-15-6-3-7-16-31/h2-29H. The molecular formula is C47H28N4O. The highest BCUT2D eigenvalue weighted by atomic mass is 16.3. The number of nitrogens with zero attached hydrogens (tertiary/aromatic N) is 4. The first kappa shape index (κ1) is 29.6. The van der Waals surface area contributed by atoms with Gasteiger partial charge in [-0.3, -0.25) is 0 Å². The number of furan rings is 1. The van der Waals surface area contributed by atoms with Crippen LogP contribution in [0.5, 0.6) is 0 Å². The van der Waals surface area contributed by atoms with Crippen molar-refractivity contribution in [3.63, 3.8) is 0 Å². The number of benzene rings is 7. The first-order valence-corrected chi connectivity index (χ1v) is 17.2. The fourth-order valence-corrected chi connectivity index (χ4v) is 7.43. The van der Waals surface area contributed by atoms with Crippen molar-refractivity contribution in [2.45, 2.75) is 0 Å². The van der Waals surface area contributed by atoms with Crippen LogP contribution in [-0.2, 0) is 0 Å². The van der Waals surface area contributed by atoms with Crippen LogP contribution in [-0.4, -0.2) is 14.5 Å². The van der Waals surface area contributed by atoms with Crippen LogP contribution < -0.4 is 0 Å². The van der Waals surface area contributed by atoms with E-state index >= 15 is 0 Å². The summed E-state index contributed by atoms with van der Waals surface area (Å²) >= 11 is 0. The predicted molar refractivity (Wildman–Crippen MR) is 212 cm³/mol. The number of rotatable bonds is 5. The normalized spacial score (nSPS) is 11.4. The lowest BCUT2D eigenvalue weighted by Gasteiger charge is -2.16. The van der Waals surface area contributed by atoms with Gasteiger partial charge in [0.25, 0.3) is 0 Å². The lowest BCUT2D eigenvalue weighted by Crippen LogP contribution is -1.97. The number of hydrogen-bond acceptors (Lipinski definition) is 3. The second-order valence-electron chi connectivity index (χ2n) is 12.9. The van der Waals surface area contributed by atoms with E-state index in [1.54, 1.807) is 0 Å². The Morgan fingerprint density at radius 1 is 0.462 bits per heavy atom. The van der Waals surface area contributed by atoms with Crippen molar-refractivity contribution < 1.29 is 4.42 Å². The van der Waals surface area contributed by atoms with Gasteiger partial charge >= 0.3 is 0 Å². The zero-order valence-electron chi connectivity index (χ0n) is 27.9. The Hall–Kier alpha value is -7.29. The zero-order chi connectivity index (χ0) is 34.6. The third kappa shape index (κ3) is 4.78. The zero-order valence-corrected chi connectivity index (χ0v) is 27.9. The Labute approximate surface area is 299 Å². The molecule has 7 aromatic carbocycles. The van der Waals surface area contributed by atoms with Crippen molar-refractivity contribution in [2.24, 2.45) is 0 Å². The highest BCUT2D eigenvalue weighted by Crippen LogP contribution is 2.42. The average Bonchev–Trinajstić information content (AvgIpc) is 3.76. The van der Waals surface area contributed by atoms with Crippen LogP contribution in [0, 0.1) is 6.57 Å². The van der Waals surface area contributed by atoms with E-state index in [0.717, 1.165) is 88.6 Å². The smallest absolute Gasteiger partial charge is 0.211 e. The van der Waals surface area contributed by atoms with Gasteiger partial charge in [-0.1, -0.05) is 121 Å². The first-order chi connectivity index (χ1) is 25.7. The van der Waals surface area contributed by atoms with Crippen molar-refractivity contribution in [1.82, 2.24) is 14.5 Å². The summed E-state index contributed by atoms with van der Waals surface area (Å²) in [7, 11) is 0. The Morgan fingerprint density at radius 3 is 1.60 bits per heavy atom. The highest BCUT2D eigenvalue weighted by molar-refractivity contribution is 6.11. The molecule has 0 radical (unpaired) electrons. The third-order valence-corrected chi connectivity index (χ3v) is 9.84. The molecule has 0 spiro atoms. The number of hydrogen-bond donors (Lipinski definition) is 0. The fourth-order valence-electron chi connectivity index (χ4n) is 7.43. The molecule has 0 fully saturated rings. The van der Waals surface area contributed by atoms with E-state index in [1.807, 2.05) is 66.7 Å². The van der Waals surface area contributed by atoms with E-state index in [9.17, 15) is 0 Å². The highest BCUT2D eigenvalue weighted by Gasteiger charge is 2.20. The van der Waals surface area contributed by atoms with E-state index < -0.39 is 0 Å². The molecular weight excluding hydrogens is 637 g/mol. The molecule has 0 aliphatic carbocycles. The molecule has 0 amide bonds. The van der Waals surface area contributed by atoms with Gasteiger partial charge in [-0.15, -0.1) is 0 Å². The summed E-state index contributed by atoms with van der Waals surface area (Å²) in [6, 6.07) is 57.8. The molecule has 10 aromatic rings. The minimum absolute atomic E-state index is 0.591. The molecule has 52 heavy (non-hydrogen) atoms. The SMILES string of the molecule is [C-]#[N+]c1cccc(-c2ccc3oc4ccc(-c5nc(-c6ccccc6)cc(-c6ccccc6)n5)cc4c3c2)c1-n1c2ccccc2c2ccccc21. The van der Waals surface area contributed by atoms with Gasteiger partial charge in [0, 0.05) is 38.2 Å². The Morgan fingerprint density at radius 2 is 1.00 bits per heavy atom. The second kappa shape index (κ2) is 11.9. The lowest BCUT2D eigenvalue weighted by molar-refractivity contribution is 0.669. The molecule has 0 aliphatic rings. The first-order valence-electron chi connectivity index (χ1n) is 17.2. The maximum atomic E-state index is 8.21. The van der Waals surface area contributed by atoms with E-state index in [2.05, 4.69) is 113 Å². The third-order valence-electron chi connectivity index (χ3n) is 9.84. The van der Waals surface area contributed by atoms with Crippen LogP contribution in [0.15, 0.2) is 174 Å². The van der Waals surface area contributed by atoms with Crippen molar-refractivity contribution in [2.75, 3.05) is 0 Å². The molecule has 0 saturated carbocycles. The molecule has 3 aromatic heterocycles. The number of aromatic nitrogens is 3. The van der Waals surface area contributed by atoms with Gasteiger partial charge in [0.15, 0.2) is 5.82 Å². The summed E-state index contributed by atoms with van der Waals surface area (Å²) in [6.45, 7) is 8.21. The van der Waals surface area contributed by atoms with Gasteiger partial charge in [0.05, 0.1) is 34.7 Å².